The second kappa shape index (κ2) is 28.6. The molecular weight excluding hydrogens is 949 g/mol. The first-order valence-electron chi connectivity index (χ1n) is 26.4. The van der Waals surface area contributed by atoms with Crippen molar-refractivity contribution in [2.24, 2.45) is 17.8 Å². The predicted molar refractivity (Wildman–Crippen MR) is 279 cm³/mol. The van der Waals surface area contributed by atoms with Gasteiger partial charge in [-0.15, -0.1) is 0 Å². The second-order valence-electron chi connectivity index (χ2n) is 21.3. The summed E-state index contributed by atoms with van der Waals surface area (Å²) in [4.78, 5) is 86.8. The van der Waals surface area contributed by atoms with Crippen molar-refractivity contribution >= 4 is 49.9 Å². The fraction of sp³-hybridized carbons (Fsp3) is 0.589. The highest BCUT2D eigenvalue weighted by Gasteiger charge is 2.48. The quantitative estimate of drug-likeness (QED) is 0.0230. The van der Waals surface area contributed by atoms with Gasteiger partial charge in [-0.05, 0) is 136 Å². The first-order chi connectivity index (χ1) is 34.8. The van der Waals surface area contributed by atoms with Crippen LogP contribution in [0.1, 0.15) is 128 Å². The number of unbranched alkanes of at least 4 members (excludes halogenated alkanes) is 4. The van der Waals surface area contributed by atoms with Gasteiger partial charge in [0, 0.05) is 43.5 Å². The highest BCUT2D eigenvalue weighted by molar-refractivity contribution is 6.74. The molecule has 1 heterocycles. The Bertz CT molecular complexity index is 2240. The molecule has 5 rings (SSSR count). The van der Waals surface area contributed by atoms with E-state index in [4.69, 9.17) is 23.7 Å². The maximum absolute atomic E-state index is 13.5. The number of esters is 2. The standard InChI is InChI=1S/C56H80N4O12Si/c1-7-8-10-21-41(72-73(5,6)56(2,3)4)25-26-42-43-33-39-20-17-24-47(69-37-53(66)70-36-38-18-11-9-12-19-38)44(39)34-40(43)35-48(42)71-52(65)30-28-50(62)58-32-16-14-23-46-55(68)59-45(54(67)60-46)22-13-15-31-57-49(61)27-29-51(63)64/h9,11-12,17-20,24,27-30,40-43,45-46,48H,7-8,10,13-16,21-23,25-26,31-37H2,1-6H3,(H,57,61)(H,58,62)(H,59,68)(H,60,67)(H,63,64)/b29-27+,30-28+/t40-,41-,42+,43-,45?,46?,48+/m0/s1. The van der Waals surface area contributed by atoms with E-state index in [1.807, 2.05) is 42.5 Å². The van der Waals surface area contributed by atoms with Crippen LogP contribution in [-0.2, 0) is 66.9 Å². The zero-order chi connectivity index (χ0) is 53.0. The number of rotatable bonds is 29. The molecule has 5 N–H and O–H groups in total. The third-order valence-electron chi connectivity index (χ3n) is 14.8. The van der Waals surface area contributed by atoms with Gasteiger partial charge in [-0.25, -0.2) is 14.4 Å². The first-order valence-corrected chi connectivity index (χ1v) is 29.3. The molecular formula is C56H80N4O12Si. The van der Waals surface area contributed by atoms with Gasteiger partial charge in [-0.2, -0.15) is 0 Å². The van der Waals surface area contributed by atoms with Gasteiger partial charge >= 0.3 is 17.9 Å². The van der Waals surface area contributed by atoms with Crippen LogP contribution in [0.25, 0.3) is 0 Å². The fourth-order valence-electron chi connectivity index (χ4n) is 9.87. The lowest BCUT2D eigenvalue weighted by atomic mass is 9.73. The average molecular weight is 1030 g/mol. The minimum atomic E-state index is -2.07. The normalized spacial score (nSPS) is 21.1. The molecule has 2 aromatic carbocycles. The van der Waals surface area contributed by atoms with Crippen LogP contribution in [0.15, 0.2) is 72.8 Å². The smallest absolute Gasteiger partial charge is 0.344 e. The molecule has 1 saturated carbocycles. The lowest BCUT2D eigenvalue weighted by molar-refractivity contribution is -0.147. The van der Waals surface area contributed by atoms with Crippen LogP contribution in [0, 0.1) is 17.8 Å². The molecule has 0 bridgehead atoms. The maximum Gasteiger partial charge on any atom is 0.344 e. The number of fused-ring (bicyclic) bond motifs is 2. The number of hydrogen-bond donors (Lipinski definition) is 5. The van der Waals surface area contributed by atoms with E-state index in [9.17, 15) is 33.6 Å². The van der Waals surface area contributed by atoms with Gasteiger partial charge in [0.05, 0.1) is 0 Å². The minimum absolute atomic E-state index is 0.0633. The van der Waals surface area contributed by atoms with Crippen molar-refractivity contribution in [2.75, 3.05) is 19.7 Å². The van der Waals surface area contributed by atoms with Gasteiger partial charge in [0.2, 0.25) is 23.6 Å². The van der Waals surface area contributed by atoms with Gasteiger partial charge in [-0.3, -0.25) is 19.2 Å². The number of nitrogens with one attached hydrogen (secondary N) is 4. The van der Waals surface area contributed by atoms with E-state index in [1.165, 1.54) is 17.7 Å². The van der Waals surface area contributed by atoms with Gasteiger partial charge in [0.25, 0.3) is 0 Å². The Kier molecular flexibility index (Phi) is 22.7. The molecule has 1 aliphatic heterocycles. The molecule has 0 radical (unpaired) electrons. The van der Waals surface area contributed by atoms with Crippen molar-refractivity contribution < 1.29 is 57.3 Å². The Hall–Kier alpha value is -5.81. The number of aliphatic carboxylic acids is 1. The Morgan fingerprint density at radius 3 is 2.04 bits per heavy atom. The Labute approximate surface area is 432 Å². The Balaban J connectivity index is 1.12. The zero-order valence-electron chi connectivity index (χ0n) is 43.8. The number of carboxylic acids is 1. The van der Waals surface area contributed by atoms with Crippen LogP contribution in [0.2, 0.25) is 18.1 Å². The van der Waals surface area contributed by atoms with Crippen molar-refractivity contribution in [2.45, 2.75) is 173 Å². The van der Waals surface area contributed by atoms with Crippen molar-refractivity contribution in [3.8, 4) is 5.75 Å². The minimum Gasteiger partial charge on any atom is -0.482 e. The molecule has 2 unspecified atom stereocenters. The van der Waals surface area contributed by atoms with E-state index in [0.717, 1.165) is 74.6 Å². The largest absolute Gasteiger partial charge is 0.482 e. The average Bonchev–Trinajstić information content (AvgIpc) is 3.67. The zero-order valence-corrected chi connectivity index (χ0v) is 44.8. The van der Waals surface area contributed by atoms with E-state index in [0.29, 0.717) is 63.8 Å². The third-order valence-corrected chi connectivity index (χ3v) is 19.4. The molecule has 400 valence electrons. The van der Waals surface area contributed by atoms with E-state index in [1.54, 1.807) is 0 Å². The summed E-state index contributed by atoms with van der Waals surface area (Å²) in [6.07, 6.45) is 15.0. The molecule has 16 nitrogen and oxygen atoms in total. The summed E-state index contributed by atoms with van der Waals surface area (Å²) < 4.78 is 25.0. The number of carboxylic acid groups (broad SMARTS) is 1. The summed E-state index contributed by atoms with van der Waals surface area (Å²) in [5.41, 5.74) is 3.14. The molecule has 0 spiro atoms. The summed E-state index contributed by atoms with van der Waals surface area (Å²) in [5, 5.41) is 19.6. The predicted octanol–water partition coefficient (Wildman–Crippen LogP) is 7.58. The van der Waals surface area contributed by atoms with Crippen LogP contribution < -0.4 is 26.0 Å². The highest BCUT2D eigenvalue weighted by Crippen LogP contribution is 2.50. The number of benzene rings is 2. The van der Waals surface area contributed by atoms with Crippen LogP contribution >= 0.6 is 0 Å². The number of ether oxygens (including phenoxy) is 3. The number of carbonyl (C=O) groups is 7. The van der Waals surface area contributed by atoms with Crippen molar-refractivity contribution in [3.05, 3.63) is 89.5 Å². The topological polar surface area (TPSA) is 225 Å². The van der Waals surface area contributed by atoms with Crippen LogP contribution in [0.5, 0.6) is 5.75 Å². The summed E-state index contributed by atoms with van der Waals surface area (Å²) in [6, 6.07) is 14.1. The van der Waals surface area contributed by atoms with Crippen molar-refractivity contribution in [1.29, 1.82) is 0 Å². The first kappa shape index (κ1) is 58.1. The van der Waals surface area contributed by atoms with Crippen LogP contribution in [0.3, 0.4) is 0 Å². The number of hydrogen-bond acceptors (Lipinski definition) is 11. The van der Waals surface area contributed by atoms with Crippen LogP contribution in [-0.4, -0.2) is 98.9 Å². The van der Waals surface area contributed by atoms with E-state index >= 15 is 0 Å². The van der Waals surface area contributed by atoms with E-state index in [-0.39, 0.29) is 60.0 Å². The molecule has 17 heteroatoms. The Morgan fingerprint density at radius 2 is 1.42 bits per heavy atom. The summed E-state index contributed by atoms with van der Waals surface area (Å²) in [5.74, 6) is -2.58. The molecule has 4 amide bonds. The number of carbonyl (C=O) groups excluding carboxylic acids is 6. The van der Waals surface area contributed by atoms with Gasteiger partial charge in [0.1, 0.15) is 30.5 Å². The van der Waals surface area contributed by atoms with Gasteiger partial charge in [-0.1, -0.05) is 89.4 Å². The van der Waals surface area contributed by atoms with Crippen molar-refractivity contribution in [1.82, 2.24) is 21.3 Å². The molecule has 2 fully saturated rings. The second-order valence-corrected chi connectivity index (χ2v) is 26.1. The maximum atomic E-state index is 13.5. The van der Waals surface area contributed by atoms with Crippen LogP contribution in [0.4, 0.5) is 0 Å². The van der Waals surface area contributed by atoms with Crippen molar-refractivity contribution in [3.63, 3.8) is 0 Å². The molecule has 2 aromatic rings. The third kappa shape index (κ3) is 18.9. The SMILES string of the molecule is CCCCC[C@@H](CC[C@@H]1[C@H]2Cc3cccc(OCC(=O)OCc4ccccc4)c3C[C@H]2C[C@H]1OC(=O)/C=C/C(=O)NCCCCC1NC(=O)C(CCCCNC(=O)/C=C/C(=O)O)NC1=O)O[Si](C)(C)C(C)(C)C. The van der Waals surface area contributed by atoms with Gasteiger partial charge < -0.3 is 45.0 Å². The molecule has 2 aliphatic carbocycles. The van der Waals surface area contributed by atoms with E-state index < -0.39 is 50.1 Å². The highest BCUT2D eigenvalue weighted by atomic mass is 28.4. The molecule has 3 aliphatic rings. The monoisotopic (exact) mass is 1030 g/mol. The lowest BCUT2D eigenvalue weighted by Gasteiger charge is -2.40. The Morgan fingerprint density at radius 1 is 0.781 bits per heavy atom. The molecule has 7 atom stereocenters. The fourth-order valence-corrected chi connectivity index (χ4v) is 11.3. The van der Waals surface area contributed by atoms with E-state index in [2.05, 4.69) is 68.1 Å². The summed E-state index contributed by atoms with van der Waals surface area (Å²) in [6.45, 7) is 14.2. The summed E-state index contributed by atoms with van der Waals surface area (Å²) >= 11 is 0. The van der Waals surface area contributed by atoms with Gasteiger partial charge in [0.15, 0.2) is 14.9 Å². The lowest BCUT2D eigenvalue weighted by Crippen LogP contribution is -2.61. The molecule has 1 saturated heterocycles. The number of amides is 4. The molecule has 0 aromatic heterocycles. The molecule has 73 heavy (non-hydrogen) atoms. The summed E-state index contributed by atoms with van der Waals surface area (Å²) in [7, 11) is -2.07. The number of piperazine rings is 1.